The van der Waals surface area contributed by atoms with E-state index in [4.69, 9.17) is 22.1 Å². The third-order valence-electron chi connectivity index (χ3n) is 1.92. The van der Waals surface area contributed by atoms with E-state index < -0.39 is 0 Å². The lowest BCUT2D eigenvalue weighted by molar-refractivity contribution is 0.288. The van der Waals surface area contributed by atoms with Gasteiger partial charge in [-0.05, 0) is 30.4 Å². The van der Waals surface area contributed by atoms with Crippen LogP contribution in [-0.2, 0) is 0 Å². The maximum Gasteiger partial charge on any atom is 0.241 e. The quantitative estimate of drug-likeness (QED) is 0.623. The number of halogens is 1. The number of ether oxygens (including phenoxy) is 1. The molecular formula is C10H16ClN3O. The fourth-order valence-corrected chi connectivity index (χ4v) is 1.26. The van der Waals surface area contributed by atoms with Gasteiger partial charge in [0.25, 0.3) is 0 Å². The molecule has 0 amide bonds. The Hall–Kier alpha value is -1.03. The molecule has 0 bridgehead atoms. The second-order valence-electron chi connectivity index (χ2n) is 3.78. The van der Waals surface area contributed by atoms with Crippen molar-refractivity contribution >= 4 is 17.3 Å². The summed E-state index contributed by atoms with van der Waals surface area (Å²) >= 11 is 5.62. The van der Waals surface area contributed by atoms with Gasteiger partial charge in [0, 0.05) is 0 Å². The number of hydrogen-bond donors (Lipinski definition) is 1. The van der Waals surface area contributed by atoms with Crippen molar-refractivity contribution in [1.82, 2.24) is 9.97 Å². The molecule has 5 heteroatoms. The van der Waals surface area contributed by atoms with Crippen LogP contribution in [0.1, 0.15) is 26.7 Å². The predicted molar refractivity (Wildman–Crippen MR) is 61.0 cm³/mol. The molecule has 2 N–H and O–H groups in total. The van der Waals surface area contributed by atoms with Gasteiger partial charge in [-0.2, -0.15) is 4.98 Å². The number of nitrogen functional groups attached to an aromatic ring is 1. The Morgan fingerprint density at radius 3 is 2.93 bits per heavy atom. The average molecular weight is 230 g/mol. The van der Waals surface area contributed by atoms with Gasteiger partial charge in [-0.3, -0.25) is 0 Å². The molecule has 0 unspecified atom stereocenters. The number of nitrogens with zero attached hydrogens (tertiary/aromatic N) is 2. The molecule has 0 aliphatic rings. The largest absolute Gasteiger partial charge is 0.476 e. The fraction of sp³-hybridized carbons (Fsp3) is 0.600. The summed E-state index contributed by atoms with van der Waals surface area (Å²) in [5.74, 6) is 1.05. The number of hydrogen-bond acceptors (Lipinski definition) is 4. The highest BCUT2D eigenvalue weighted by Crippen LogP contribution is 2.18. The van der Waals surface area contributed by atoms with Crippen LogP contribution in [0.5, 0.6) is 5.88 Å². The minimum Gasteiger partial charge on any atom is -0.476 e. The van der Waals surface area contributed by atoms with E-state index in [1.54, 1.807) is 0 Å². The van der Waals surface area contributed by atoms with Crippen molar-refractivity contribution in [3.63, 3.8) is 0 Å². The molecule has 0 saturated carbocycles. The Morgan fingerprint density at radius 1 is 1.53 bits per heavy atom. The molecular weight excluding hydrogens is 214 g/mol. The summed E-state index contributed by atoms with van der Waals surface area (Å²) < 4.78 is 5.41. The van der Waals surface area contributed by atoms with Gasteiger partial charge in [0.15, 0.2) is 0 Å². The highest BCUT2D eigenvalue weighted by molar-refractivity contribution is 6.28. The molecule has 1 rings (SSSR count). The van der Waals surface area contributed by atoms with Crippen molar-refractivity contribution in [2.24, 2.45) is 5.92 Å². The number of nitrogens with two attached hydrogens (primary N) is 1. The van der Waals surface area contributed by atoms with E-state index in [0.29, 0.717) is 24.1 Å². The maximum atomic E-state index is 5.62. The van der Waals surface area contributed by atoms with Crippen molar-refractivity contribution in [3.05, 3.63) is 11.5 Å². The number of aromatic nitrogens is 2. The lowest BCUT2D eigenvalue weighted by Gasteiger charge is -2.08. The Labute approximate surface area is 94.8 Å². The molecule has 0 aliphatic carbocycles. The van der Waals surface area contributed by atoms with E-state index in [2.05, 4.69) is 23.8 Å². The van der Waals surface area contributed by atoms with Crippen molar-refractivity contribution < 1.29 is 4.74 Å². The molecule has 15 heavy (non-hydrogen) atoms. The van der Waals surface area contributed by atoms with Crippen LogP contribution in [-0.4, -0.2) is 16.6 Å². The zero-order chi connectivity index (χ0) is 11.3. The standard InChI is InChI=1S/C10H16ClN3O/c1-7(2)4-3-5-15-9-8(12)6-13-10(11)14-9/h6-7H,3-5,12H2,1-2H3. The van der Waals surface area contributed by atoms with Crippen molar-refractivity contribution in [3.8, 4) is 5.88 Å². The third kappa shape index (κ3) is 4.34. The molecule has 0 aromatic carbocycles. The van der Waals surface area contributed by atoms with Gasteiger partial charge in [0.05, 0.1) is 12.8 Å². The summed E-state index contributed by atoms with van der Waals surface area (Å²) in [6.07, 6.45) is 3.56. The summed E-state index contributed by atoms with van der Waals surface area (Å²) in [7, 11) is 0. The molecule has 0 spiro atoms. The van der Waals surface area contributed by atoms with Gasteiger partial charge in [-0.25, -0.2) is 4.98 Å². The smallest absolute Gasteiger partial charge is 0.241 e. The van der Waals surface area contributed by atoms with E-state index in [1.165, 1.54) is 6.20 Å². The van der Waals surface area contributed by atoms with E-state index in [-0.39, 0.29) is 5.28 Å². The fourth-order valence-electron chi connectivity index (χ4n) is 1.13. The molecule has 1 aromatic heterocycles. The average Bonchev–Trinajstić information content (AvgIpc) is 2.17. The molecule has 0 aliphatic heterocycles. The topological polar surface area (TPSA) is 61.0 Å². The zero-order valence-corrected chi connectivity index (χ0v) is 9.79. The highest BCUT2D eigenvalue weighted by atomic mass is 35.5. The third-order valence-corrected chi connectivity index (χ3v) is 2.10. The van der Waals surface area contributed by atoms with Crippen LogP contribution < -0.4 is 10.5 Å². The Morgan fingerprint density at radius 2 is 2.27 bits per heavy atom. The van der Waals surface area contributed by atoms with Crippen molar-refractivity contribution in [2.45, 2.75) is 26.7 Å². The molecule has 84 valence electrons. The van der Waals surface area contributed by atoms with Crippen LogP contribution >= 0.6 is 11.6 Å². The first-order valence-corrected chi connectivity index (χ1v) is 5.38. The molecule has 1 heterocycles. The van der Waals surface area contributed by atoms with E-state index in [0.717, 1.165) is 12.8 Å². The molecule has 1 aromatic rings. The van der Waals surface area contributed by atoms with Gasteiger partial charge < -0.3 is 10.5 Å². The molecule has 0 radical (unpaired) electrons. The maximum absolute atomic E-state index is 5.62. The van der Waals surface area contributed by atoms with Gasteiger partial charge in [-0.15, -0.1) is 0 Å². The molecule has 0 atom stereocenters. The summed E-state index contributed by atoms with van der Waals surface area (Å²) in [6.45, 7) is 4.96. The lowest BCUT2D eigenvalue weighted by atomic mass is 10.1. The van der Waals surface area contributed by atoms with Crippen LogP contribution in [0.15, 0.2) is 6.20 Å². The molecule has 0 saturated heterocycles. The summed E-state index contributed by atoms with van der Waals surface area (Å²) in [5.41, 5.74) is 6.04. The second kappa shape index (κ2) is 5.75. The highest BCUT2D eigenvalue weighted by Gasteiger charge is 2.04. The van der Waals surface area contributed by atoms with Gasteiger partial charge in [0.2, 0.25) is 11.2 Å². The van der Waals surface area contributed by atoms with Crippen LogP contribution in [0.3, 0.4) is 0 Å². The minimum absolute atomic E-state index is 0.156. The monoisotopic (exact) mass is 229 g/mol. The number of rotatable bonds is 5. The first kappa shape index (κ1) is 12.0. The van der Waals surface area contributed by atoms with Gasteiger partial charge >= 0.3 is 0 Å². The minimum atomic E-state index is 0.156. The van der Waals surface area contributed by atoms with E-state index in [9.17, 15) is 0 Å². The van der Waals surface area contributed by atoms with Gasteiger partial charge in [-0.1, -0.05) is 13.8 Å². The van der Waals surface area contributed by atoms with Crippen LogP contribution in [0.2, 0.25) is 5.28 Å². The second-order valence-corrected chi connectivity index (χ2v) is 4.12. The normalized spacial score (nSPS) is 10.7. The van der Waals surface area contributed by atoms with E-state index in [1.807, 2.05) is 0 Å². The predicted octanol–water partition coefficient (Wildman–Crippen LogP) is 2.53. The van der Waals surface area contributed by atoms with Crippen molar-refractivity contribution in [1.29, 1.82) is 0 Å². The SMILES string of the molecule is CC(C)CCCOc1nc(Cl)ncc1N. The molecule has 0 fully saturated rings. The van der Waals surface area contributed by atoms with Crippen molar-refractivity contribution in [2.75, 3.05) is 12.3 Å². The molecule has 4 nitrogen and oxygen atoms in total. The Balaban J connectivity index is 2.40. The van der Waals surface area contributed by atoms with Crippen LogP contribution in [0.4, 0.5) is 5.69 Å². The Bertz CT molecular complexity index is 318. The first-order chi connectivity index (χ1) is 7.09. The van der Waals surface area contributed by atoms with Gasteiger partial charge in [0.1, 0.15) is 5.69 Å². The summed E-state index contributed by atoms with van der Waals surface area (Å²) in [4.78, 5) is 7.64. The lowest BCUT2D eigenvalue weighted by Crippen LogP contribution is -2.04. The number of anilines is 1. The summed E-state index contributed by atoms with van der Waals surface area (Å²) in [5, 5.41) is 0.156. The zero-order valence-electron chi connectivity index (χ0n) is 9.03. The van der Waals surface area contributed by atoms with E-state index >= 15 is 0 Å². The van der Waals surface area contributed by atoms with Crippen LogP contribution in [0.25, 0.3) is 0 Å². The first-order valence-electron chi connectivity index (χ1n) is 5.00. The Kier molecular flexibility index (Phi) is 4.62. The van der Waals surface area contributed by atoms with Crippen LogP contribution in [0, 0.1) is 5.92 Å². The summed E-state index contributed by atoms with van der Waals surface area (Å²) in [6, 6.07) is 0.